The van der Waals surface area contributed by atoms with Gasteiger partial charge in [0.2, 0.25) is 10.0 Å². The van der Waals surface area contributed by atoms with Gasteiger partial charge in [0.25, 0.3) is 0 Å². The van der Waals surface area contributed by atoms with Crippen molar-refractivity contribution in [3.63, 3.8) is 0 Å². The predicted octanol–water partition coefficient (Wildman–Crippen LogP) is 3.50. The Labute approximate surface area is 231 Å². The van der Waals surface area contributed by atoms with Crippen LogP contribution in [0.15, 0.2) is 60.2 Å². The van der Waals surface area contributed by atoms with Crippen LogP contribution in [0.25, 0.3) is 0 Å². The minimum absolute atomic E-state index is 0.0745. The number of hydrogen-bond acceptors (Lipinski definition) is 8. The van der Waals surface area contributed by atoms with Crippen molar-refractivity contribution in [1.29, 1.82) is 0 Å². The summed E-state index contributed by atoms with van der Waals surface area (Å²) in [6.45, 7) is 8.88. The summed E-state index contributed by atoms with van der Waals surface area (Å²) in [7, 11) is -0.505. The summed E-state index contributed by atoms with van der Waals surface area (Å²) in [6.07, 6.45) is 3.53. The van der Waals surface area contributed by atoms with Gasteiger partial charge in [-0.1, -0.05) is 44.2 Å². The average molecular weight is 555 g/mol. The number of methoxy groups -OCH3 is 2. The molecule has 2 unspecified atom stereocenters. The van der Waals surface area contributed by atoms with E-state index in [0.29, 0.717) is 49.5 Å². The Morgan fingerprint density at radius 3 is 2.28 bits per heavy atom. The second kappa shape index (κ2) is 11.5. The van der Waals surface area contributed by atoms with Crippen LogP contribution in [0.5, 0.6) is 11.5 Å². The maximum Gasteiger partial charge on any atom is 0.224 e. The number of aldehydes is 1. The highest BCUT2D eigenvalue weighted by atomic mass is 32.2. The molecule has 2 heterocycles. The highest BCUT2D eigenvalue weighted by molar-refractivity contribution is 7.89. The monoisotopic (exact) mass is 554 g/mol. The van der Waals surface area contributed by atoms with E-state index in [1.807, 2.05) is 49.2 Å². The van der Waals surface area contributed by atoms with Gasteiger partial charge in [-0.05, 0) is 42.2 Å². The van der Waals surface area contributed by atoms with Gasteiger partial charge in [-0.15, -0.1) is 6.58 Å². The number of nitrogens with zero attached hydrogens (tertiary/aromatic N) is 3. The molecule has 0 spiro atoms. The maximum atomic E-state index is 13.6. The molecule has 2 aliphatic rings. The van der Waals surface area contributed by atoms with Crippen LogP contribution in [0.1, 0.15) is 48.6 Å². The van der Waals surface area contributed by atoms with Crippen molar-refractivity contribution in [3.8, 4) is 11.5 Å². The van der Waals surface area contributed by atoms with Gasteiger partial charge >= 0.3 is 0 Å². The van der Waals surface area contributed by atoms with Crippen molar-refractivity contribution in [2.75, 3.05) is 27.3 Å². The van der Waals surface area contributed by atoms with Gasteiger partial charge in [-0.3, -0.25) is 5.01 Å². The number of benzene rings is 2. The van der Waals surface area contributed by atoms with Gasteiger partial charge < -0.3 is 20.0 Å². The second-order valence-corrected chi connectivity index (χ2v) is 12.5. The first kappa shape index (κ1) is 28.8. The Hall–Kier alpha value is -3.21. The largest absolute Gasteiger partial charge is 0.493 e. The molecule has 2 atom stereocenters. The summed E-state index contributed by atoms with van der Waals surface area (Å²) in [5.74, 6) is 1.20. The Morgan fingerprint density at radius 2 is 1.74 bits per heavy atom. The molecule has 2 N–H and O–H groups in total. The van der Waals surface area contributed by atoms with E-state index in [1.165, 1.54) is 10.4 Å². The molecule has 39 heavy (non-hydrogen) atoms. The fourth-order valence-electron chi connectivity index (χ4n) is 5.53. The Bertz CT molecular complexity index is 1330. The number of carbonyl (C=O) groups is 1. The van der Waals surface area contributed by atoms with Crippen molar-refractivity contribution in [2.24, 2.45) is 16.3 Å². The molecule has 2 aliphatic heterocycles. The summed E-state index contributed by atoms with van der Waals surface area (Å²) in [6, 6.07) is 12.3. The molecule has 0 aromatic heterocycles. The fourth-order valence-corrected chi connectivity index (χ4v) is 7.31. The number of hydrogen-bond donors (Lipinski definition) is 1. The number of nitrogens with two attached hydrogens (primary N) is 1. The molecule has 0 amide bonds. The normalized spacial score (nSPS) is 20.8. The maximum absolute atomic E-state index is 13.6. The van der Waals surface area contributed by atoms with Gasteiger partial charge in [0.1, 0.15) is 17.6 Å². The quantitative estimate of drug-likeness (QED) is 0.353. The third-order valence-electron chi connectivity index (χ3n) is 7.87. The van der Waals surface area contributed by atoms with Crippen molar-refractivity contribution in [3.05, 3.63) is 71.8 Å². The van der Waals surface area contributed by atoms with Crippen molar-refractivity contribution in [1.82, 2.24) is 9.31 Å². The van der Waals surface area contributed by atoms with Crippen LogP contribution in [0, 0.1) is 5.41 Å². The summed E-state index contributed by atoms with van der Waals surface area (Å²) >= 11 is 0. The SMILES string of the molecule is C=CC(c1ccc(CN)cc1)S(=O)(=O)N1CCC(N2N=C(c3ccc(OC)c(OC)c3)C(C)(C)C2C=O)CC1. The highest BCUT2D eigenvalue weighted by Gasteiger charge is 2.48. The van der Waals surface area contributed by atoms with E-state index in [0.717, 1.165) is 23.1 Å². The van der Waals surface area contributed by atoms with E-state index in [1.54, 1.807) is 26.4 Å². The first-order valence-electron chi connectivity index (χ1n) is 13.1. The van der Waals surface area contributed by atoms with E-state index < -0.39 is 26.7 Å². The standard InChI is InChI=1S/C29H38N4O5S/c1-6-26(21-9-7-20(18-30)8-10-21)39(35,36)32-15-13-23(14-16-32)33-27(19-34)29(2,3)28(31-33)22-11-12-24(37-4)25(17-22)38-5/h6-12,17,19,23,26-27H,1,13-16,18,30H2,2-5H3. The number of sulfonamides is 1. The Balaban J connectivity index is 1.54. The molecule has 0 radical (unpaired) electrons. The lowest BCUT2D eigenvalue weighted by Gasteiger charge is -2.39. The minimum atomic E-state index is -3.67. The lowest BCUT2D eigenvalue weighted by molar-refractivity contribution is -0.115. The van der Waals surface area contributed by atoms with Crippen molar-refractivity contribution in [2.45, 2.75) is 50.6 Å². The first-order valence-corrected chi connectivity index (χ1v) is 14.6. The van der Waals surface area contributed by atoms with E-state index in [9.17, 15) is 13.2 Å². The van der Waals surface area contributed by atoms with E-state index in [2.05, 4.69) is 6.58 Å². The highest BCUT2D eigenvalue weighted by Crippen LogP contribution is 2.41. The van der Waals surface area contributed by atoms with Gasteiger partial charge in [-0.25, -0.2) is 12.7 Å². The van der Waals surface area contributed by atoms with Crippen LogP contribution in [0.4, 0.5) is 0 Å². The van der Waals surface area contributed by atoms with E-state index >= 15 is 0 Å². The lowest BCUT2D eigenvalue weighted by Crippen LogP contribution is -2.50. The van der Waals surface area contributed by atoms with E-state index in [-0.39, 0.29) is 6.04 Å². The molecule has 210 valence electrons. The molecule has 4 rings (SSSR count). The van der Waals surface area contributed by atoms with Crippen LogP contribution in [-0.2, 0) is 21.4 Å². The zero-order chi connectivity index (χ0) is 28.4. The third-order valence-corrected chi connectivity index (χ3v) is 10.1. The molecular formula is C29H38N4O5S. The third kappa shape index (κ3) is 5.33. The summed E-state index contributed by atoms with van der Waals surface area (Å²) < 4.78 is 39.5. The van der Waals surface area contributed by atoms with Crippen LogP contribution in [0.2, 0.25) is 0 Å². The van der Waals surface area contributed by atoms with E-state index in [4.69, 9.17) is 20.3 Å². The molecule has 9 nitrogen and oxygen atoms in total. The van der Waals surface area contributed by atoms with Crippen LogP contribution in [0.3, 0.4) is 0 Å². The molecule has 0 bridgehead atoms. The minimum Gasteiger partial charge on any atom is -0.493 e. The van der Waals surface area contributed by atoms with Gasteiger partial charge in [0.15, 0.2) is 11.5 Å². The zero-order valence-electron chi connectivity index (χ0n) is 23.0. The molecule has 2 aromatic rings. The summed E-state index contributed by atoms with van der Waals surface area (Å²) in [5, 5.41) is 5.98. The van der Waals surface area contributed by atoms with Crippen molar-refractivity contribution >= 4 is 22.0 Å². The van der Waals surface area contributed by atoms with Crippen LogP contribution in [-0.4, -0.2) is 69.1 Å². The van der Waals surface area contributed by atoms with Gasteiger partial charge in [0.05, 0.1) is 26.0 Å². The molecular weight excluding hydrogens is 516 g/mol. The van der Waals surface area contributed by atoms with Crippen LogP contribution < -0.4 is 15.2 Å². The number of rotatable bonds is 10. The first-order chi connectivity index (χ1) is 18.6. The molecule has 1 fully saturated rings. The van der Waals surface area contributed by atoms with Crippen LogP contribution >= 0.6 is 0 Å². The predicted molar refractivity (Wildman–Crippen MR) is 152 cm³/mol. The Morgan fingerprint density at radius 1 is 1.10 bits per heavy atom. The lowest BCUT2D eigenvalue weighted by atomic mass is 9.78. The van der Waals surface area contributed by atoms with Gasteiger partial charge in [-0.2, -0.15) is 5.10 Å². The van der Waals surface area contributed by atoms with Crippen molar-refractivity contribution < 1.29 is 22.7 Å². The second-order valence-electron chi connectivity index (χ2n) is 10.5. The smallest absolute Gasteiger partial charge is 0.224 e. The summed E-state index contributed by atoms with van der Waals surface area (Å²) in [4.78, 5) is 12.3. The Kier molecular flexibility index (Phi) is 8.48. The van der Waals surface area contributed by atoms with Gasteiger partial charge in [0, 0.05) is 30.6 Å². The number of carbonyl (C=O) groups excluding carboxylic acids is 1. The average Bonchev–Trinajstić information content (AvgIpc) is 3.23. The fraction of sp³-hybridized carbons (Fsp3) is 0.448. The molecule has 0 aliphatic carbocycles. The summed E-state index contributed by atoms with van der Waals surface area (Å²) in [5.41, 5.74) is 8.35. The molecule has 10 heteroatoms. The number of piperidine rings is 1. The number of ether oxygens (including phenoxy) is 2. The topological polar surface area (TPSA) is 115 Å². The molecule has 1 saturated heterocycles. The molecule has 2 aromatic carbocycles. The zero-order valence-corrected chi connectivity index (χ0v) is 23.9. The molecule has 0 saturated carbocycles. The number of hydrazone groups is 1.